The number of thioether (sulfide) groups is 1. The van der Waals surface area contributed by atoms with E-state index < -0.39 is 17.1 Å². The Morgan fingerprint density at radius 1 is 1.21 bits per heavy atom. The first-order valence-electron chi connectivity index (χ1n) is 8.71. The van der Waals surface area contributed by atoms with Crippen LogP contribution in [0.3, 0.4) is 0 Å². The number of ether oxygens (including phenoxy) is 1. The Morgan fingerprint density at radius 2 is 1.89 bits per heavy atom. The number of aryl methyl sites for hydroxylation is 1. The molecule has 0 spiro atoms. The molecule has 0 bridgehead atoms. The molecular weight excluding hydrogens is 380 g/mol. The van der Waals surface area contributed by atoms with E-state index in [9.17, 15) is 19.5 Å². The van der Waals surface area contributed by atoms with Crippen molar-refractivity contribution >= 4 is 35.0 Å². The molecule has 1 aromatic heterocycles. The van der Waals surface area contributed by atoms with E-state index >= 15 is 0 Å². The molecule has 1 aliphatic heterocycles. The van der Waals surface area contributed by atoms with Crippen molar-refractivity contribution in [3.63, 3.8) is 0 Å². The summed E-state index contributed by atoms with van der Waals surface area (Å²) < 4.78 is 6.81. The van der Waals surface area contributed by atoms with Crippen LogP contribution in [0.25, 0.3) is 11.8 Å². The van der Waals surface area contributed by atoms with E-state index in [1.54, 1.807) is 37.3 Å². The molecule has 2 aromatic rings. The number of aromatic nitrogens is 1. The van der Waals surface area contributed by atoms with E-state index in [2.05, 4.69) is 0 Å². The summed E-state index contributed by atoms with van der Waals surface area (Å²) >= 11 is 0.807. The first-order chi connectivity index (χ1) is 13.3. The van der Waals surface area contributed by atoms with Gasteiger partial charge in [0.2, 0.25) is 0 Å². The van der Waals surface area contributed by atoms with Crippen molar-refractivity contribution in [2.45, 2.75) is 20.8 Å². The fourth-order valence-corrected chi connectivity index (χ4v) is 3.88. The highest BCUT2D eigenvalue weighted by atomic mass is 32.2. The molecule has 0 atom stereocenters. The zero-order valence-corrected chi connectivity index (χ0v) is 16.6. The second-order valence-corrected chi connectivity index (χ2v) is 7.24. The van der Waals surface area contributed by atoms with Crippen LogP contribution >= 0.6 is 11.8 Å². The van der Waals surface area contributed by atoms with E-state index in [1.165, 1.54) is 0 Å². The molecule has 8 heteroatoms. The average Bonchev–Trinajstić information content (AvgIpc) is 3.06. The third-order valence-corrected chi connectivity index (χ3v) is 5.24. The first kappa shape index (κ1) is 19.8. The molecule has 7 nitrogen and oxygen atoms in total. The lowest BCUT2D eigenvalue weighted by molar-refractivity contribution is -0.145. The fraction of sp³-hybridized carbons (Fsp3) is 0.250. The molecule has 0 radical (unpaired) electrons. The number of esters is 1. The van der Waals surface area contributed by atoms with Crippen molar-refractivity contribution in [2.24, 2.45) is 0 Å². The summed E-state index contributed by atoms with van der Waals surface area (Å²) in [6.07, 6.45) is 1.66. The van der Waals surface area contributed by atoms with Crippen molar-refractivity contribution < 1.29 is 24.2 Å². The van der Waals surface area contributed by atoms with Gasteiger partial charge in [-0.2, -0.15) is 0 Å². The van der Waals surface area contributed by atoms with Gasteiger partial charge in [-0.25, -0.2) is 0 Å². The Kier molecular flexibility index (Phi) is 5.60. The maximum absolute atomic E-state index is 12.5. The zero-order valence-electron chi connectivity index (χ0n) is 15.8. The summed E-state index contributed by atoms with van der Waals surface area (Å²) in [5.41, 5.74) is 3.51. The molecule has 0 aliphatic carbocycles. The predicted molar refractivity (Wildman–Crippen MR) is 106 cm³/mol. The smallest absolute Gasteiger partial charge is 0.326 e. The molecule has 1 fully saturated rings. The summed E-state index contributed by atoms with van der Waals surface area (Å²) in [6, 6.07) is 8.73. The number of nitrogens with zero attached hydrogens (tertiary/aromatic N) is 2. The Morgan fingerprint density at radius 3 is 2.54 bits per heavy atom. The van der Waals surface area contributed by atoms with Gasteiger partial charge in [-0.3, -0.25) is 19.3 Å². The topological polar surface area (TPSA) is 88.8 Å². The van der Waals surface area contributed by atoms with Gasteiger partial charge in [0.25, 0.3) is 11.1 Å². The highest BCUT2D eigenvalue weighted by molar-refractivity contribution is 8.18. The van der Waals surface area contributed by atoms with E-state index in [0.717, 1.165) is 39.3 Å². The average molecular weight is 400 g/mol. The molecule has 2 heterocycles. The Balaban J connectivity index is 1.89. The third-order valence-electron chi connectivity index (χ3n) is 4.33. The molecule has 3 rings (SSSR count). The number of hydrogen-bond acceptors (Lipinski definition) is 6. The zero-order chi connectivity index (χ0) is 20.4. The third kappa shape index (κ3) is 3.82. The molecule has 146 valence electrons. The lowest BCUT2D eigenvalue weighted by Crippen LogP contribution is -2.34. The summed E-state index contributed by atoms with van der Waals surface area (Å²) in [5.74, 6) is -0.934. The van der Waals surface area contributed by atoms with Gasteiger partial charge in [-0.1, -0.05) is 0 Å². The standard InChI is InChI=1S/C20H20N2O5S/c1-4-27-18(24)11-21-19(25)17(28-20(21)26)10-14-9-12(2)22(13(14)3)15-5-7-16(23)8-6-15/h5-10,23H,4,11H2,1-3H3/b17-10+. The largest absolute Gasteiger partial charge is 0.508 e. The van der Waals surface area contributed by atoms with Crippen LogP contribution in [-0.4, -0.2) is 44.8 Å². The van der Waals surface area contributed by atoms with Crippen molar-refractivity contribution in [2.75, 3.05) is 13.2 Å². The van der Waals surface area contributed by atoms with Gasteiger partial charge in [0, 0.05) is 17.1 Å². The van der Waals surface area contributed by atoms with Crippen molar-refractivity contribution in [1.29, 1.82) is 0 Å². The summed E-state index contributed by atoms with van der Waals surface area (Å²) in [4.78, 5) is 37.5. The Bertz CT molecular complexity index is 975. The van der Waals surface area contributed by atoms with Gasteiger partial charge in [-0.05, 0) is 74.5 Å². The van der Waals surface area contributed by atoms with E-state index in [0.29, 0.717) is 0 Å². The minimum Gasteiger partial charge on any atom is -0.508 e. The number of phenolic OH excluding ortho intramolecular Hbond substituents is 1. The number of aromatic hydroxyl groups is 1. The van der Waals surface area contributed by atoms with Crippen LogP contribution in [0.1, 0.15) is 23.9 Å². The molecule has 0 saturated carbocycles. The molecule has 1 saturated heterocycles. The quantitative estimate of drug-likeness (QED) is 0.611. The van der Waals surface area contributed by atoms with Gasteiger partial charge in [0.1, 0.15) is 12.3 Å². The van der Waals surface area contributed by atoms with Crippen molar-refractivity contribution in [3.8, 4) is 11.4 Å². The predicted octanol–water partition coefficient (Wildman–Crippen LogP) is 3.40. The van der Waals surface area contributed by atoms with Crippen LogP contribution < -0.4 is 0 Å². The van der Waals surface area contributed by atoms with Gasteiger partial charge < -0.3 is 14.4 Å². The fourth-order valence-electron chi connectivity index (χ4n) is 3.05. The van der Waals surface area contributed by atoms with Crippen molar-refractivity contribution in [3.05, 3.63) is 52.2 Å². The number of imide groups is 1. The van der Waals surface area contributed by atoms with Crippen LogP contribution in [0.15, 0.2) is 35.2 Å². The second-order valence-electron chi connectivity index (χ2n) is 6.25. The number of rotatable bonds is 5. The highest BCUT2D eigenvalue weighted by Gasteiger charge is 2.36. The lowest BCUT2D eigenvalue weighted by Gasteiger charge is -2.11. The van der Waals surface area contributed by atoms with E-state index in [-0.39, 0.29) is 23.8 Å². The van der Waals surface area contributed by atoms with E-state index in [4.69, 9.17) is 4.74 Å². The lowest BCUT2D eigenvalue weighted by atomic mass is 10.2. The van der Waals surface area contributed by atoms with Crippen LogP contribution in [0.5, 0.6) is 5.75 Å². The van der Waals surface area contributed by atoms with E-state index in [1.807, 2.05) is 24.5 Å². The Hall–Kier alpha value is -3.00. The summed E-state index contributed by atoms with van der Waals surface area (Å²) in [5, 5.41) is 8.99. The van der Waals surface area contributed by atoms with Crippen LogP contribution in [0, 0.1) is 13.8 Å². The van der Waals surface area contributed by atoms with Crippen LogP contribution in [-0.2, 0) is 14.3 Å². The minimum absolute atomic E-state index is 0.182. The van der Waals surface area contributed by atoms with Crippen molar-refractivity contribution in [1.82, 2.24) is 9.47 Å². The number of amides is 2. The van der Waals surface area contributed by atoms with Gasteiger partial charge in [0.05, 0.1) is 11.5 Å². The molecular formula is C20H20N2O5S. The molecule has 1 aromatic carbocycles. The number of benzene rings is 1. The van der Waals surface area contributed by atoms with Gasteiger partial charge in [-0.15, -0.1) is 0 Å². The number of carbonyl (C=O) groups is 3. The second kappa shape index (κ2) is 7.93. The van der Waals surface area contributed by atoms with Gasteiger partial charge >= 0.3 is 5.97 Å². The Labute approximate surface area is 166 Å². The first-order valence-corrected chi connectivity index (χ1v) is 9.52. The molecule has 0 unspecified atom stereocenters. The van der Waals surface area contributed by atoms with Gasteiger partial charge in [0.15, 0.2) is 0 Å². The minimum atomic E-state index is -0.614. The number of hydrogen-bond donors (Lipinski definition) is 1. The molecule has 28 heavy (non-hydrogen) atoms. The molecule has 1 N–H and O–H groups in total. The normalized spacial score (nSPS) is 15.5. The number of phenols is 1. The SMILES string of the molecule is CCOC(=O)CN1C(=O)S/C(=C/c2cc(C)n(-c3ccc(O)cc3)c2C)C1=O. The summed E-state index contributed by atoms with van der Waals surface area (Å²) in [6.45, 7) is 5.31. The maximum Gasteiger partial charge on any atom is 0.326 e. The maximum atomic E-state index is 12.5. The number of carbonyl (C=O) groups excluding carboxylic acids is 3. The highest BCUT2D eigenvalue weighted by Crippen LogP contribution is 2.33. The summed E-state index contributed by atoms with van der Waals surface area (Å²) in [7, 11) is 0. The molecule has 1 aliphatic rings. The van der Waals surface area contributed by atoms with Crippen LogP contribution in [0.2, 0.25) is 0 Å². The van der Waals surface area contributed by atoms with Crippen LogP contribution in [0.4, 0.5) is 4.79 Å². The monoisotopic (exact) mass is 400 g/mol. The molecule has 2 amide bonds.